The molecule has 2 aromatic rings. The van der Waals surface area contributed by atoms with Crippen molar-refractivity contribution in [2.75, 3.05) is 18.7 Å². The summed E-state index contributed by atoms with van der Waals surface area (Å²) in [5.74, 6) is 1.96. The lowest BCUT2D eigenvalue weighted by Crippen LogP contribution is -2.37. The molecule has 1 amide bonds. The topological polar surface area (TPSA) is 56.8 Å². The third-order valence-corrected chi connectivity index (χ3v) is 4.40. The van der Waals surface area contributed by atoms with Crippen LogP contribution in [0.3, 0.4) is 0 Å². The molecule has 0 saturated heterocycles. The Balaban J connectivity index is 1.79. The second kappa shape index (κ2) is 3.49. The maximum Gasteiger partial charge on any atom is 0.243 e. The monoisotopic (exact) mass is 281 g/mol. The Kier molecular flexibility index (Phi) is 1.83. The summed E-state index contributed by atoms with van der Waals surface area (Å²) in [6.45, 7) is 0.502. The standard InChI is InChI=1S/C16H11NO4/c18-15-16(9-3-1-2-4-11(9)17-15)7-19-12-6-14-13(5-10(12)16)20-8-21-14/h1-6H,7-8H2,(H,17,18)/t16-/m0/s1. The molecule has 3 aliphatic heterocycles. The van der Waals surface area contributed by atoms with Crippen molar-refractivity contribution in [1.82, 2.24) is 0 Å². The zero-order valence-electron chi connectivity index (χ0n) is 11.0. The smallest absolute Gasteiger partial charge is 0.243 e. The average molecular weight is 281 g/mol. The van der Waals surface area contributed by atoms with Crippen LogP contribution in [0.1, 0.15) is 11.1 Å². The molecule has 0 aliphatic carbocycles. The SMILES string of the molecule is O=C1Nc2ccccc2[C@]12COc1cc3c(cc12)OCO3. The van der Waals surface area contributed by atoms with Crippen LogP contribution in [-0.2, 0) is 10.2 Å². The third kappa shape index (κ3) is 1.19. The summed E-state index contributed by atoms with van der Waals surface area (Å²) in [5.41, 5.74) is 1.85. The Bertz CT molecular complexity index is 801. The summed E-state index contributed by atoms with van der Waals surface area (Å²) in [7, 11) is 0. The molecule has 104 valence electrons. The minimum Gasteiger partial charge on any atom is -0.491 e. The van der Waals surface area contributed by atoms with Gasteiger partial charge in [0.15, 0.2) is 11.5 Å². The molecule has 5 rings (SSSR count). The number of benzene rings is 2. The third-order valence-electron chi connectivity index (χ3n) is 4.40. The minimum absolute atomic E-state index is 0.0543. The maximum absolute atomic E-state index is 12.7. The largest absolute Gasteiger partial charge is 0.491 e. The molecule has 1 spiro atoms. The van der Waals surface area contributed by atoms with Crippen LogP contribution in [0, 0.1) is 0 Å². The molecule has 3 heterocycles. The lowest BCUT2D eigenvalue weighted by molar-refractivity contribution is -0.119. The zero-order valence-corrected chi connectivity index (χ0v) is 11.0. The van der Waals surface area contributed by atoms with Crippen molar-refractivity contribution in [3.05, 3.63) is 47.5 Å². The number of fused-ring (bicyclic) bond motifs is 5. The van der Waals surface area contributed by atoms with Crippen LogP contribution >= 0.6 is 0 Å². The fourth-order valence-corrected chi connectivity index (χ4v) is 3.37. The van der Waals surface area contributed by atoms with E-state index in [1.807, 2.05) is 30.3 Å². The van der Waals surface area contributed by atoms with Crippen molar-refractivity contribution in [3.8, 4) is 17.2 Å². The Morgan fingerprint density at radius 1 is 0.952 bits per heavy atom. The number of rotatable bonds is 0. The summed E-state index contributed by atoms with van der Waals surface area (Å²) in [4.78, 5) is 12.7. The van der Waals surface area contributed by atoms with Crippen molar-refractivity contribution in [2.45, 2.75) is 5.41 Å². The summed E-state index contributed by atoms with van der Waals surface area (Å²) in [5, 5.41) is 2.95. The van der Waals surface area contributed by atoms with E-state index in [2.05, 4.69) is 5.32 Å². The summed E-state index contributed by atoms with van der Waals surface area (Å²) >= 11 is 0. The van der Waals surface area contributed by atoms with Gasteiger partial charge in [0.2, 0.25) is 12.7 Å². The van der Waals surface area contributed by atoms with E-state index >= 15 is 0 Å². The lowest BCUT2D eigenvalue weighted by atomic mass is 9.77. The molecule has 3 aliphatic rings. The Morgan fingerprint density at radius 2 is 1.76 bits per heavy atom. The van der Waals surface area contributed by atoms with Gasteiger partial charge in [0.25, 0.3) is 0 Å². The van der Waals surface area contributed by atoms with Gasteiger partial charge in [0.1, 0.15) is 17.8 Å². The van der Waals surface area contributed by atoms with Gasteiger partial charge in [-0.3, -0.25) is 4.79 Å². The highest BCUT2D eigenvalue weighted by atomic mass is 16.7. The summed E-state index contributed by atoms with van der Waals surface area (Å²) < 4.78 is 16.6. The normalized spacial score (nSPS) is 23.7. The number of hydrogen-bond donors (Lipinski definition) is 1. The Labute approximate surface area is 120 Å². The fourth-order valence-electron chi connectivity index (χ4n) is 3.37. The van der Waals surface area contributed by atoms with Crippen molar-refractivity contribution in [2.24, 2.45) is 0 Å². The first kappa shape index (κ1) is 11.0. The van der Waals surface area contributed by atoms with Crippen LogP contribution in [-0.4, -0.2) is 19.3 Å². The van der Waals surface area contributed by atoms with Crippen molar-refractivity contribution in [1.29, 1.82) is 0 Å². The molecule has 0 saturated carbocycles. The van der Waals surface area contributed by atoms with Gasteiger partial charge in [-0.2, -0.15) is 0 Å². The van der Waals surface area contributed by atoms with Crippen LogP contribution in [0.4, 0.5) is 5.69 Å². The summed E-state index contributed by atoms with van der Waals surface area (Å²) in [6, 6.07) is 11.4. The molecule has 1 atom stereocenters. The highest BCUT2D eigenvalue weighted by Crippen LogP contribution is 2.53. The van der Waals surface area contributed by atoms with Gasteiger partial charge in [-0.25, -0.2) is 0 Å². The Hall–Kier alpha value is -2.69. The fraction of sp³-hybridized carbons (Fsp3) is 0.188. The van der Waals surface area contributed by atoms with Gasteiger partial charge >= 0.3 is 0 Å². The van der Waals surface area contributed by atoms with Crippen LogP contribution < -0.4 is 19.5 Å². The van der Waals surface area contributed by atoms with E-state index in [-0.39, 0.29) is 12.7 Å². The van der Waals surface area contributed by atoms with E-state index in [4.69, 9.17) is 14.2 Å². The number of hydrogen-bond acceptors (Lipinski definition) is 4. The molecular weight excluding hydrogens is 270 g/mol. The van der Waals surface area contributed by atoms with Crippen molar-refractivity contribution >= 4 is 11.6 Å². The molecule has 1 N–H and O–H groups in total. The van der Waals surface area contributed by atoms with E-state index in [9.17, 15) is 4.79 Å². The van der Waals surface area contributed by atoms with Crippen LogP contribution in [0.2, 0.25) is 0 Å². The predicted octanol–water partition coefficient (Wildman–Crippen LogP) is 2.05. The highest BCUT2D eigenvalue weighted by Gasteiger charge is 2.54. The first-order chi connectivity index (χ1) is 10.3. The average Bonchev–Trinajstić information content (AvgIpc) is 3.16. The molecule has 21 heavy (non-hydrogen) atoms. The van der Waals surface area contributed by atoms with E-state index < -0.39 is 5.41 Å². The van der Waals surface area contributed by atoms with Gasteiger partial charge < -0.3 is 19.5 Å². The number of nitrogens with one attached hydrogen (secondary N) is 1. The summed E-state index contributed by atoms with van der Waals surface area (Å²) in [6.07, 6.45) is 0. The van der Waals surface area contributed by atoms with Crippen LogP contribution in [0.5, 0.6) is 17.2 Å². The number of anilines is 1. The van der Waals surface area contributed by atoms with Crippen LogP contribution in [0.15, 0.2) is 36.4 Å². The first-order valence-corrected chi connectivity index (χ1v) is 6.77. The molecule has 0 unspecified atom stereocenters. The van der Waals surface area contributed by atoms with Gasteiger partial charge in [-0.1, -0.05) is 18.2 Å². The molecule has 0 bridgehead atoms. The first-order valence-electron chi connectivity index (χ1n) is 6.77. The van der Waals surface area contributed by atoms with E-state index in [1.165, 1.54) is 0 Å². The molecule has 0 aromatic heterocycles. The quantitative estimate of drug-likeness (QED) is 0.803. The van der Waals surface area contributed by atoms with Gasteiger partial charge in [-0.05, 0) is 17.7 Å². The lowest BCUT2D eigenvalue weighted by Gasteiger charge is -2.20. The van der Waals surface area contributed by atoms with Crippen molar-refractivity contribution < 1.29 is 19.0 Å². The molecule has 0 fully saturated rings. The van der Waals surface area contributed by atoms with Crippen LogP contribution in [0.25, 0.3) is 0 Å². The molecule has 5 nitrogen and oxygen atoms in total. The maximum atomic E-state index is 12.7. The number of ether oxygens (including phenoxy) is 3. The van der Waals surface area contributed by atoms with E-state index in [1.54, 1.807) is 6.07 Å². The highest BCUT2D eigenvalue weighted by molar-refractivity contribution is 6.09. The van der Waals surface area contributed by atoms with Gasteiger partial charge in [0, 0.05) is 17.3 Å². The van der Waals surface area contributed by atoms with E-state index in [0.29, 0.717) is 23.9 Å². The second-order valence-corrected chi connectivity index (χ2v) is 5.40. The van der Waals surface area contributed by atoms with E-state index in [0.717, 1.165) is 16.8 Å². The minimum atomic E-state index is -0.785. The molecule has 5 heteroatoms. The van der Waals surface area contributed by atoms with Crippen molar-refractivity contribution in [3.63, 3.8) is 0 Å². The van der Waals surface area contributed by atoms with Gasteiger partial charge in [0.05, 0.1) is 0 Å². The number of carbonyl (C=O) groups excluding carboxylic acids is 1. The van der Waals surface area contributed by atoms with Gasteiger partial charge in [-0.15, -0.1) is 0 Å². The number of carbonyl (C=O) groups is 1. The second-order valence-electron chi connectivity index (χ2n) is 5.40. The zero-order chi connectivity index (χ0) is 14.0. The number of amides is 1. The predicted molar refractivity (Wildman–Crippen MR) is 73.9 cm³/mol. The molecule has 0 radical (unpaired) electrons. The Morgan fingerprint density at radius 3 is 2.67 bits per heavy atom. The molecule has 2 aromatic carbocycles. The molecular formula is C16H11NO4. The number of para-hydroxylation sites is 1.